The largest absolute Gasteiger partial charge is 0.393 e. The van der Waals surface area contributed by atoms with Crippen LogP contribution in [0.3, 0.4) is 0 Å². The summed E-state index contributed by atoms with van der Waals surface area (Å²) < 4.78 is 0. The van der Waals surface area contributed by atoms with Crippen LogP contribution < -0.4 is 5.32 Å². The third-order valence-electron chi connectivity index (χ3n) is 7.66. The Labute approximate surface area is 218 Å². The second-order valence-corrected chi connectivity index (χ2v) is 11.3. The molecule has 0 amide bonds. The summed E-state index contributed by atoms with van der Waals surface area (Å²) in [5.74, 6) is 0.907. The van der Waals surface area contributed by atoms with E-state index in [1.54, 1.807) is 6.20 Å². The van der Waals surface area contributed by atoms with Crippen LogP contribution in [0.25, 0.3) is 22.2 Å². The number of nitrogens with one attached hydrogen (secondary N) is 2. The average molecular weight is 497 g/mol. The monoisotopic (exact) mass is 496 g/mol. The van der Waals surface area contributed by atoms with Gasteiger partial charge in [0.15, 0.2) is 17.2 Å². The number of aromatic amines is 1. The summed E-state index contributed by atoms with van der Waals surface area (Å²) in [5, 5.41) is 22.0. The van der Waals surface area contributed by atoms with Crippen molar-refractivity contribution < 1.29 is 9.90 Å². The maximum Gasteiger partial charge on any atom is 0.167 e. The standard InChI is InChI=1S/C31H36N4O2/c1-19-21(18-27(37)20-8-10-22(11-9-20)31(2,3)4)6-5-7-25(19)26-16-17-32-29-28(26)30(35-34-29)33-23-12-14-24(36)15-13-23/h5-11,16-17,23-24,36H,12-15,18H2,1-4H3,(H2,32,33,34,35). The fourth-order valence-electron chi connectivity index (χ4n) is 5.29. The Kier molecular flexibility index (Phi) is 6.86. The number of aromatic nitrogens is 3. The van der Waals surface area contributed by atoms with Crippen LogP contribution in [0.5, 0.6) is 0 Å². The number of carbonyl (C=O) groups excluding carboxylic acids is 1. The molecule has 0 spiro atoms. The van der Waals surface area contributed by atoms with Crippen LogP contribution in [0.15, 0.2) is 54.7 Å². The van der Waals surface area contributed by atoms with Crippen LogP contribution in [0, 0.1) is 6.92 Å². The zero-order valence-electron chi connectivity index (χ0n) is 22.1. The van der Waals surface area contributed by atoms with E-state index in [0.29, 0.717) is 6.42 Å². The van der Waals surface area contributed by atoms with Crippen molar-refractivity contribution in [2.45, 2.75) is 77.4 Å². The van der Waals surface area contributed by atoms with E-state index in [0.717, 1.165) is 70.4 Å². The van der Waals surface area contributed by atoms with Crippen LogP contribution in [0.1, 0.15) is 73.5 Å². The van der Waals surface area contributed by atoms with E-state index in [2.05, 4.69) is 66.4 Å². The van der Waals surface area contributed by atoms with Gasteiger partial charge in [-0.3, -0.25) is 9.89 Å². The SMILES string of the molecule is Cc1c(CC(=O)c2ccc(C(C)(C)C)cc2)cccc1-c1ccnc2[nH]nc(NC3CCC(O)CC3)c12. The van der Waals surface area contributed by atoms with Crippen LogP contribution in [0.2, 0.25) is 0 Å². The molecule has 1 fully saturated rings. The molecule has 6 nitrogen and oxygen atoms in total. The molecule has 2 aromatic carbocycles. The summed E-state index contributed by atoms with van der Waals surface area (Å²) in [4.78, 5) is 17.7. The predicted octanol–water partition coefficient (Wildman–Crippen LogP) is 6.37. The molecular formula is C31H36N4O2. The number of fused-ring (bicyclic) bond motifs is 1. The Morgan fingerprint density at radius 2 is 1.76 bits per heavy atom. The number of benzene rings is 2. The number of ketones is 1. The van der Waals surface area contributed by atoms with Gasteiger partial charge in [-0.05, 0) is 71.9 Å². The van der Waals surface area contributed by atoms with E-state index >= 15 is 0 Å². The molecule has 1 aliphatic carbocycles. The first kappa shape index (κ1) is 25.2. The molecule has 37 heavy (non-hydrogen) atoms. The second kappa shape index (κ2) is 10.1. The van der Waals surface area contributed by atoms with Crippen molar-refractivity contribution in [3.63, 3.8) is 0 Å². The topological polar surface area (TPSA) is 90.9 Å². The van der Waals surface area contributed by atoms with Gasteiger partial charge in [-0.2, -0.15) is 5.10 Å². The minimum absolute atomic E-state index is 0.0570. The molecule has 0 radical (unpaired) electrons. The number of aliphatic hydroxyl groups is 1. The molecule has 6 heteroatoms. The summed E-state index contributed by atoms with van der Waals surface area (Å²) in [7, 11) is 0. The van der Waals surface area contributed by atoms with Crippen LogP contribution in [-0.4, -0.2) is 38.2 Å². The summed E-state index contributed by atoms with van der Waals surface area (Å²) in [5.41, 5.74) is 6.97. The zero-order chi connectivity index (χ0) is 26.2. The van der Waals surface area contributed by atoms with E-state index in [1.165, 1.54) is 5.56 Å². The smallest absolute Gasteiger partial charge is 0.167 e. The lowest BCUT2D eigenvalue weighted by Gasteiger charge is -2.26. The van der Waals surface area contributed by atoms with Gasteiger partial charge in [0, 0.05) is 24.2 Å². The van der Waals surface area contributed by atoms with E-state index in [-0.39, 0.29) is 23.3 Å². The normalized spacial score (nSPS) is 18.2. The quantitative estimate of drug-likeness (QED) is 0.270. The summed E-state index contributed by atoms with van der Waals surface area (Å²) in [6, 6.07) is 16.5. The van der Waals surface area contributed by atoms with Gasteiger partial charge in [0.25, 0.3) is 0 Å². The molecule has 1 saturated carbocycles. The van der Waals surface area contributed by atoms with E-state index in [4.69, 9.17) is 0 Å². The first-order valence-corrected chi connectivity index (χ1v) is 13.2. The van der Waals surface area contributed by atoms with Crippen molar-refractivity contribution in [1.29, 1.82) is 0 Å². The second-order valence-electron chi connectivity index (χ2n) is 11.3. The lowest BCUT2D eigenvalue weighted by atomic mass is 9.86. The van der Waals surface area contributed by atoms with Gasteiger partial charge < -0.3 is 10.4 Å². The fraction of sp³-hybridized carbons (Fsp3) is 0.387. The van der Waals surface area contributed by atoms with Crippen molar-refractivity contribution in [2.24, 2.45) is 0 Å². The van der Waals surface area contributed by atoms with Gasteiger partial charge in [0.1, 0.15) is 0 Å². The van der Waals surface area contributed by atoms with Gasteiger partial charge in [-0.25, -0.2) is 4.98 Å². The number of H-pyrrole nitrogens is 1. The van der Waals surface area contributed by atoms with Crippen molar-refractivity contribution in [3.8, 4) is 11.1 Å². The Bertz CT molecular complexity index is 1410. The average Bonchev–Trinajstić information content (AvgIpc) is 3.29. The maximum atomic E-state index is 13.2. The van der Waals surface area contributed by atoms with Gasteiger partial charge in [-0.1, -0.05) is 63.2 Å². The third kappa shape index (κ3) is 5.30. The zero-order valence-corrected chi connectivity index (χ0v) is 22.1. The number of carbonyl (C=O) groups is 1. The molecule has 4 aromatic rings. The highest BCUT2D eigenvalue weighted by molar-refractivity contribution is 6.02. The van der Waals surface area contributed by atoms with Crippen molar-refractivity contribution in [1.82, 2.24) is 15.2 Å². The van der Waals surface area contributed by atoms with E-state index < -0.39 is 0 Å². The lowest BCUT2D eigenvalue weighted by molar-refractivity contribution is 0.0992. The third-order valence-corrected chi connectivity index (χ3v) is 7.66. The Morgan fingerprint density at radius 3 is 2.46 bits per heavy atom. The summed E-state index contributed by atoms with van der Waals surface area (Å²) in [6.07, 6.45) is 5.39. The molecule has 0 aliphatic heterocycles. The number of rotatable bonds is 6. The minimum Gasteiger partial charge on any atom is -0.393 e. The Hall–Kier alpha value is -3.51. The highest BCUT2D eigenvalue weighted by atomic mass is 16.3. The van der Waals surface area contributed by atoms with Gasteiger partial charge in [0.2, 0.25) is 0 Å². The van der Waals surface area contributed by atoms with Crippen molar-refractivity contribution >= 4 is 22.6 Å². The Morgan fingerprint density at radius 1 is 1.03 bits per heavy atom. The molecule has 0 unspecified atom stereocenters. The fourth-order valence-corrected chi connectivity index (χ4v) is 5.29. The molecule has 1 aliphatic rings. The number of nitrogens with zero attached hydrogens (tertiary/aromatic N) is 2. The van der Waals surface area contributed by atoms with Gasteiger partial charge >= 0.3 is 0 Å². The summed E-state index contributed by atoms with van der Waals surface area (Å²) >= 11 is 0. The Balaban J connectivity index is 1.43. The number of aliphatic hydroxyl groups excluding tert-OH is 1. The highest BCUT2D eigenvalue weighted by Crippen LogP contribution is 2.36. The van der Waals surface area contributed by atoms with Gasteiger partial charge in [0.05, 0.1) is 11.5 Å². The van der Waals surface area contributed by atoms with Crippen molar-refractivity contribution in [2.75, 3.05) is 5.32 Å². The van der Waals surface area contributed by atoms with Crippen LogP contribution in [-0.2, 0) is 11.8 Å². The number of pyridine rings is 1. The molecule has 2 aromatic heterocycles. The van der Waals surface area contributed by atoms with E-state index in [1.807, 2.05) is 30.3 Å². The van der Waals surface area contributed by atoms with Crippen LogP contribution >= 0.6 is 0 Å². The number of Topliss-reactive ketones (excluding diaryl/α,β-unsaturated/α-hetero) is 1. The van der Waals surface area contributed by atoms with Gasteiger partial charge in [-0.15, -0.1) is 0 Å². The first-order chi connectivity index (χ1) is 17.7. The molecule has 0 bridgehead atoms. The molecule has 2 heterocycles. The van der Waals surface area contributed by atoms with Crippen molar-refractivity contribution in [3.05, 3.63) is 77.0 Å². The molecule has 5 rings (SSSR count). The molecule has 3 N–H and O–H groups in total. The number of hydrogen-bond donors (Lipinski definition) is 3. The number of anilines is 1. The predicted molar refractivity (Wildman–Crippen MR) is 149 cm³/mol. The minimum atomic E-state index is -0.198. The number of hydrogen-bond acceptors (Lipinski definition) is 5. The van der Waals surface area contributed by atoms with E-state index in [9.17, 15) is 9.90 Å². The molecular weight excluding hydrogens is 460 g/mol. The summed E-state index contributed by atoms with van der Waals surface area (Å²) in [6.45, 7) is 8.61. The lowest BCUT2D eigenvalue weighted by Crippen LogP contribution is -2.28. The molecule has 192 valence electrons. The first-order valence-electron chi connectivity index (χ1n) is 13.2. The molecule has 0 atom stereocenters. The van der Waals surface area contributed by atoms with Crippen LogP contribution in [0.4, 0.5) is 5.82 Å². The maximum absolute atomic E-state index is 13.2. The molecule has 0 saturated heterocycles. The highest BCUT2D eigenvalue weighted by Gasteiger charge is 2.23.